The minimum Gasteiger partial charge on any atom is -0.478 e. The van der Waals surface area contributed by atoms with Crippen LogP contribution in [0.5, 0.6) is 5.88 Å². The maximum Gasteiger partial charge on any atom is 0.271 e. The van der Waals surface area contributed by atoms with E-state index in [0.717, 1.165) is 18.4 Å². The highest BCUT2D eigenvalue weighted by Crippen LogP contribution is 2.30. The van der Waals surface area contributed by atoms with Gasteiger partial charge in [0, 0.05) is 18.0 Å². The molecule has 3 aromatic rings. The molecule has 5 nitrogen and oxygen atoms in total. The fourth-order valence-corrected chi connectivity index (χ4v) is 4.19. The van der Waals surface area contributed by atoms with E-state index < -0.39 is 10.0 Å². The van der Waals surface area contributed by atoms with Gasteiger partial charge < -0.3 is 9.64 Å². The third-order valence-electron chi connectivity index (χ3n) is 3.92. The molecule has 3 rings (SSSR count). The molecule has 0 aliphatic heterocycles. The van der Waals surface area contributed by atoms with Crippen LogP contribution in [0.4, 0.5) is 0 Å². The summed E-state index contributed by atoms with van der Waals surface area (Å²) in [7, 11) is 0.269. The zero-order valence-electron chi connectivity index (χ0n) is 14.4. The Hall–Kier alpha value is -2.31. The minimum absolute atomic E-state index is 0.245. The summed E-state index contributed by atoms with van der Waals surface area (Å²) in [5.74, 6) is 0.351. The van der Waals surface area contributed by atoms with Crippen LogP contribution in [0.3, 0.4) is 0 Å². The number of nitrogens with zero attached hydrogens (tertiary/aromatic N) is 2. The highest BCUT2D eigenvalue weighted by molar-refractivity contribution is 7.90. The lowest BCUT2D eigenvalue weighted by Gasteiger charge is -2.14. The highest BCUT2D eigenvalue weighted by atomic mass is 32.2. The molecule has 0 unspecified atom stereocenters. The van der Waals surface area contributed by atoms with Gasteiger partial charge in [0.05, 0.1) is 17.0 Å². The lowest BCUT2D eigenvalue weighted by Crippen LogP contribution is -2.18. The van der Waals surface area contributed by atoms with Crippen LogP contribution in [-0.2, 0) is 10.0 Å². The van der Waals surface area contributed by atoms with Gasteiger partial charge in [-0.1, -0.05) is 36.4 Å². The first kappa shape index (κ1) is 17.5. The fraction of sp³-hybridized carbons (Fsp3) is 0.263. The topological polar surface area (TPSA) is 51.5 Å². The maximum absolute atomic E-state index is 13.1. The Morgan fingerprint density at radius 3 is 2.40 bits per heavy atom. The molecule has 0 aliphatic rings. The number of para-hydroxylation sites is 1. The van der Waals surface area contributed by atoms with E-state index >= 15 is 0 Å². The number of rotatable bonds is 7. The lowest BCUT2D eigenvalue weighted by molar-refractivity contribution is 0.272. The van der Waals surface area contributed by atoms with Gasteiger partial charge in [-0.2, -0.15) is 0 Å². The van der Waals surface area contributed by atoms with E-state index in [-0.39, 0.29) is 4.90 Å². The van der Waals surface area contributed by atoms with Crippen LogP contribution in [0.25, 0.3) is 10.9 Å². The molecule has 1 heterocycles. The predicted molar refractivity (Wildman–Crippen MR) is 99.6 cm³/mol. The molecular weight excluding hydrogens is 336 g/mol. The summed E-state index contributed by atoms with van der Waals surface area (Å²) in [6.07, 6.45) is 0.819. The van der Waals surface area contributed by atoms with Crippen LogP contribution in [0.2, 0.25) is 0 Å². The number of benzene rings is 2. The van der Waals surface area contributed by atoms with Crippen LogP contribution in [0.1, 0.15) is 6.42 Å². The second kappa shape index (κ2) is 7.29. The molecule has 0 bridgehead atoms. The van der Waals surface area contributed by atoms with E-state index in [1.807, 2.05) is 32.3 Å². The Morgan fingerprint density at radius 1 is 1.00 bits per heavy atom. The molecular formula is C19H22N2O3S. The van der Waals surface area contributed by atoms with Crippen LogP contribution < -0.4 is 4.74 Å². The number of aromatic nitrogens is 1. The van der Waals surface area contributed by atoms with Crippen LogP contribution >= 0.6 is 0 Å². The van der Waals surface area contributed by atoms with Gasteiger partial charge in [-0.3, -0.25) is 0 Å². The van der Waals surface area contributed by atoms with Gasteiger partial charge in [0.15, 0.2) is 0 Å². The largest absolute Gasteiger partial charge is 0.478 e. The Morgan fingerprint density at radius 2 is 1.68 bits per heavy atom. The van der Waals surface area contributed by atoms with Crippen molar-refractivity contribution in [3.05, 3.63) is 60.7 Å². The van der Waals surface area contributed by atoms with Crippen molar-refractivity contribution in [1.29, 1.82) is 0 Å². The van der Waals surface area contributed by atoms with Gasteiger partial charge in [0.2, 0.25) is 5.88 Å². The summed E-state index contributed by atoms with van der Waals surface area (Å²) >= 11 is 0. The van der Waals surface area contributed by atoms with Crippen molar-refractivity contribution in [2.24, 2.45) is 0 Å². The van der Waals surface area contributed by atoms with Crippen LogP contribution in [-0.4, -0.2) is 44.5 Å². The molecule has 0 saturated heterocycles. The molecule has 0 amide bonds. The van der Waals surface area contributed by atoms with E-state index in [0.29, 0.717) is 18.0 Å². The van der Waals surface area contributed by atoms with Crippen molar-refractivity contribution in [1.82, 2.24) is 8.87 Å². The summed E-state index contributed by atoms with van der Waals surface area (Å²) < 4.78 is 33.4. The summed E-state index contributed by atoms with van der Waals surface area (Å²) in [4.78, 5) is 2.31. The molecule has 0 spiro atoms. The van der Waals surface area contributed by atoms with Crippen LogP contribution in [0, 0.1) is 0 Å². The number of hydrogen-bond donors (Lipinski definition) is 0. The Kier molecular flexibility index (Phi) is 5.11. The first-order valence-electron chi connectivity index (χ1n) is 8.19. The first-order valence-corrected chi connectivity index (χ1v) is 9.63. The predicted octanol–water partition coefficient (Wildman–Crippen LogP) is 3.21. The zero-order chi connectivity index (χ0) is 17.9. The second-order valence-corrected chi connectivity index (χ2v) is 7.92. The molecule has 0 atom stereocenters. The number of hydrogen-bond acceptors (Lipinski definition) is 4. The van der Waals surface area contributed by atoms with Crippen molar-refractivity contribution in [2.45, 2.75) is 11.3 Å². The molecule has 0 N–H and O–H groups in total. The van der Waals surface area contributed by atoms with Gasteiger partial charge in [-0.15, -0.1) is 0 Å². The van der Waals surface area contributed by atoms with E-state index in [9.17, 15) is 8.42 Å². The van der Waals surface area contributed by atoms with Gasteiger partial charge in [0.1, 0.15) is 0 Å². The number of fused-ring (bicyclic) bond motifs is 1. The van der Waals surface area contributed by atoms with Crippen molar-refractivity contribution < 1.29 is 13.2 Å². The van der Waals surface area contributed by atoms with E-state index in [4.69, 9.17) is 4.74 Å². The van der Waals surface area contributed by atoms with Gasteiger partial charge in [-0.25, -0.2) is 12.4 Å². The Bertz CT molecular complexity index is 947. The molecule has 0 radical (unpaired) electrons. The molecule has 1 aromatic heterocycles. The third-order valence-corrected chi connectivity index (χ3v) is 5.64. The lowest BCUT2D eigenvalue weighted by atomic mass is 10.3. The van der Waals surface area contributed by atoms with Crippen molar-refractivity contribution in [3.63, 3.8) is 0 Å². The summed E-state index contributed by atoms with van der Waals surface area (Å²) in [5, 5.41) is 0.838. The first-order chi connectivity index (χ1) is 12.0. The van der Waals surface area contributed by atoms with Gasteiger partial charge in [0.25, 0.3) is 10.0 Å². The molecule has 132 valence electrons. The quantitative estimate of drug-likeness (QED) is 0.609. The Labute approximate surface area is 148 Å². The van der Waals surface area contributed by atoms with E-state index in [1.54, 1.807) is 42.5 Å². The standard InChI is InChI=1S/C19H22N2O3S/c1-20(2)13-8-14-24-19-15-16-9-6-7-12-18(16)21(19)25(22,23)17-10-4-3-5-11-17/h3-7,9-12,15H,8,13-14H2,1-2H3. The SMILES string of the molecule is CN(C)CCCOc1cc2ccccc2n1S(=O)(=O)c1ccccc1. The second-order valence-electron chi connectivity index (χ2n) is 6.13. The molecule has 2 aromatic carbocycles. The van der Waals surface area contributed by atoms with E-state index in [2.05, 4.69) is 4.90 Å². The molecule has 0 saturated carbocycles. The number of ether oxygens (including phenoxy) is 1. The van der Waals surface area contributed by atoms with Crippen molar-refractivity contribution in [3.8, 4) is 5.88 Å². The minimum atomic E-state index is -3.73. The third kappa shape index (κ3) is 3.70. The summed E-state index contributed by atoms with van der Waals surface area (Å²) in [6, 6.07) is 17.6. The monoisotopic (exact) mass is 358 g/mol. The van der Waals surface area contributed by atoms with Crippen molar-refractivity contribution in [2.75, 3.05) is 27.2 Å². The zero-order valence-corrected chi connectivity index (χ0v) is 15.2. The molecule has 6 heteroatoms. The summed E-state index contributed by atoms with van der Waals surface area (Å²) in [5.41, 5.74) is 0.619. The average molecular weight is 358 g/mol. The molecule has 0 fully saturated rings. The Balaban J connectivity index is 2.02. The fourth-order valence-electron chi connectivity index (χ4n) is 2.71. The van der Waals surface area contributed by atoms with E-state index in [1.165, 1.54) is 3.97 Å². The normalized spacial score (nSPS) is 12.0. The highest BCUT2D eigenvalue weighted by Gasteiger charge is 2.23. The van der Waals surface area contributed by atoms with Gasteiger partial charge >= 0.3 is 0 Å². The average Bonchev–Trinajstić information content (AvgIpc) is 2.98. The van der Waals surface area contributed by atoms with Crippen molar-refractivity contribution >= 4 is 20.9 Å². The van der Waals surface area contributed by atoms with Crippen LogP contribution in [0.15, 0.2) is 65.6 Å². The molecule has 0 aliphatic carbocycles. The maximum atomic E-state index is 13.1. The smallest absolute Gasteiger partial charge is 0.271 e. The summed E-state index contributed by atoms with van der Waals surface area (Å²) in [6.45, 7) is 1.34. The molecule has 25 heavy (non-hydrogen) atoms. The van der Waals surface area contributed by atoms with Gasteiger partial charge in [-0.05, 0) is 38.7 Å².